The highest BCUT2D eigenvalue weighted by Gasteiger charge is 2.46. The van der Waals surface area contributed by atoms with Crippen LogP contribution in [0, 0.1) is 5.92 Å². The van der Waals surface area contributed by atoms with E-state index < -0.39 is 0 Å². The Labute approximate surface area is 252 Å². The van der Waals surface area contributed by atoms with Crippen LogP contribution < -0.4 is 10.1 Å². The Balaban J connectivity index is 1.16. The van der Waals surface area contributed by atoms with Gasteiger partial charge in [-0.2, -0.15) is 10.1 Å². The van der Waals surface area contributed by atoms with Gasteiger partial charge in [0.25, 0.3) is 5.89 Å². The fourth-order valence-corrected chi connectivity index (χ4v) is 5.54. The molecule has 2 aromatic heterocycles. The number of para-hydroxylation sites is 2. The van der Waals surface area contributed by atoms with Gasteiger partial charge in [-0.15, -0.1) is 0 Å². The number of methoxy groups -OCH3 is 1. The van der Waals surface area contributed by atoms with E-state index in [4.69, 9.17) is 26.0 Å². The Morgan fingerprint density at radius 1 is 0.953 bits per heavy atom. The molecule has 1 aliphatic rings. The molecule has 0 aliphatic heterocycles. The number of nitrogens with zero attached hydrogens (tertiary/aromatic N) is 4. The first-order chi connectivity index (χ1) is 21.1. The molecule has 1 N–H and O–H groups in total. The highest BCUT2D eigenvalue weighted by molar-refractivity contribution is 6.32. The molecule has 2 unspecified atom stereocenters. The lowest BCUT2D eigenvalue weighted by atomic mass is 10.0. The molecule has 2 heterocycles. The minimum absolute atomic E-state index is 0.00594. The molecule has 1 aliphatic carbocycles. The van der Waals surface area contributed by atoms with E-state index >= 15 is 0 Å². The summed E-state index contributed by atoms with van der Waals surface area (Å²) < 4.78 is 12.8. The Bertz CT molecular complexity index is 1920. The molecule has 0 spiro atoms. The molecule has 0 radical (unpaired) electrons. The van der Waals surface area contributed by atoms with Crippen LogP contribution in [0.5, 0.6) is 5.75 Å². The van der Waals surface area contributed by atoms with Gasteiger partial charge in [0.05, 0.1) is 34.8 Å². The largest absolute Gasteiger partial charge is 0.495 e. The topological polar surface area (TPSA) is 95.1 Å². The summed E-state index contributed by atoms with van der Waals surface area (Å²) in [7, 11) is 1.59. The summed E-state index contributed by atoms with van der Waals surface area (Å²) in [5.41, 5.74) is 5.69. The number of carbonyl (C=O) groups is 1. The second kappa shape index (κ2) is 11.2. The van der Waals surface area contributed by atoms with Gasteiger partial charge < -0.3 is 14.6 Å². The van der Waals surface area contributed by atoms with Crippen LogP contribution in [0.1, 0.15) is 17.9 Å². The highest BCUT2D eigenvalue weighted by atomic mass is 35.5. The molecule has 9 heteroatoms. The molecule has 1 amide bonds. The van der Waals surface area contributed by atoms with Crippen molar-refractivity contribution < 1.29 is 14.1 Å². The van der Waals surface area contributed by atoms with Crippen molar-refractivity contribution in [3.05, 3.63) is 120 Å². The predicted octanol–water partition coefficient (Wildman–Crippen LogP) is 7.66. The molecule has 4 aromatic carbocycles. The summed E-state index contributed by atoms with van der Waals surface area (Å²) in [6.45, 7) is 0. The van der Waals surface area contributed by atoms with E-state index in [1.165, 1.54) is 0 Å². The van der Waals surface area contributed by atoms with Crippen LogP contribution in [0.3, 0.4) is 0 Å². The molecule has 6 aromatic rings. The summed E-state index contributed by atoms with van der Waals surface area (Å²) >= 11 is 6.48. The van der Waals surface area contributed by atoms with Gasteiger partial charge in [-0.1, -0.05) is 77.4 Å². The van der Waals surface area contributed by atoms with Crippen molar-refractivity contribution in [3.63, 3.8) is 0 Å². The average Bonchev–Trinajstić information content (AvgIpc) is 3.47. The minimum Gasteiger partial charge on any atom is -0.495 e. The van der Waals surface area contributed by atoms with Crippen LogP contribution in [0.2, 0.25) is 5.02 Å². The summed E-state index contributed by atoms with van der Waals surface area (Å²) in [5, 5.41) is 12.7. The standard InChI is InChI=1S/C34H26ClN5O3/c1-42-30-17-16-22(18-28(30)35)31-27(20-40(38-31)23-12-6-3-7-13-23)25-19-26(25)33(41)36-29-15-9-8-14-24(29)34-37-32(39-43-34)21-10-4-2-5-11-21/h2-18,20,25-26H,19H2,1H3,(H,36,41). The van der Waals surface area contributed by atoms with Gasteiger partial charge in [0.15, 0.2) is 0 Å². The second-order valence-corrected chi connectivity index (χ2v) is 10.7. The van der Waals surface area contributed by atoms with Crippen molar-refractivity contribution in [2.45, 2.75) is 12.3 Å². The number of anilines is 1. The Hall–Kier alpha value is -5.21. The number of rotatable bonds is 8. The molecule has 0 saturated heterocycles. The van der Waals surface area contributed by atoms with Crippen LogP contribution in [-0.4, -0.2) is 32.9 Å². The van der Waals surface area contributed by atoms with Gasteiger partial charge in [0.1, 0.15) is 5.75 Å². The number of nitrogens with one attached hydrogen (secondary N) is 1. The Morgan fingerprint density at radius 3 is 2.47 bits per heavy atom. The molecule has 1 saturated carbocycles. The van der Waals surface area contributed by atoms with Crippen molar-refractivity contribution in [3.8, 4) is 45.5 Å². The van der Waals surface area contributed by atoms with Crippen molar-refractivity contribution in [2.75, 3.05) is 12.4 Å². The third-order valence-electron chi connectivity index (χ3n) is 7.59. The lowest BCUT2D eigenvalue weighted by molar-refractivity contribution is -0.117. The van der Waals surface area contributed by atoms with Gasteiger partial charge in [0, 0.05) is 34.7 Å². The number of carbonyl (C=O) groups excluding carboxylic acids is 1. The molecular formula is C34H26ClN5O3. The first kappa shape index (κ1) is 26.7. The Kier molecular flexibility index (Phi) is 6.96. The van der Waals surface area contributed by atoms with E-state index in [0.717, 1.165) is 28.1 Å². The van der Waals surface area contributed by atoms with E-state index in [9.17, 15) is 4.79 Å². The average molecular weight is 588 g/mol. The zero-order valence-corrected chi connectivity index (χ0v) is 23.9. The number of ether oxygens (including phenoxy) is 1. The first-order valence-electron chi connectivity index (χ1n) is 13.9. The summed E-state index contributed by atoms with van der Waals surface area (Å²) in [6.07, 6.45) is 2.71. The summed E-state index contributed by atoms with van der Waals surface area (Å²) in [4.78, 5) is 18.2. The smallest absolute Gasteiger partial charge is 0.260 e. The van der Waals surface area contributed by atoms with Gasteiger partial charge in [-0.05, 0) is 48.9 Å². The molecule has 1 fully saturated rings. The molecule has 2 atom stereocenters. The van der Waals surface area contributed by atoms with E-state index in [-0.39, 0.29) is 17.7 Å². The van der Waals surface area contributed by atoms with Gasteiger partial charge >= 0.3 is 0 Å². The van der Waals surface area contributed by atoms with Crippen LogP contribution in [0.4, 0.5) is 5.69 Å². The number of amides is 1. The second-order valence-electron chi connectivity index (χ2n) is 10.3. The van der Waals surface area contributed by atoms with Gasteiger partial charge in [-0.3, -0.25) is 4.79 Å². The normalized spacial score (nSPS) is 15.7. The number of hydrogen-bond acceptors (Lipinski definition) is 6. The number of hydrogen-bond donors (Lipinski definition) is 1. The fourth-order valence-electron chi connectivity index (χ4n) is 5.28. The highest BCUT2D eigenvalue weighted by Crippen LogP contribution is 2.51. The third-order valence-corrected chi connectivity index (χ3v) is 7.88. The molecule has 7 rings (SSSR count). The molecule has 43 heavy (non-hydrogen) atoms. The number of aromatic nitrogens is 4. The lowest BCUT2D eigenvalue weighted by Crippen LogP contribution is -2.15. The third kappa shape index (κ3) is 5.29. The Morgan fingerprint density at radius 2 is 1.70 bits per heavy atom. The zero-order chi connectivity index (χ0) is 29.3. The van der Waals surface area contributed by atoms with Crippen molar-refractivity contribution in [1.29, 1.82) is 0 Å². The molecule has 212 valence electrons. The summed E-state index contributed by atoms with van der Waals surface area (Å²) in [5.74, 6) is 1.11. The predicted molar refractivity (Wildman–Crippen MR) is 165 cm³/mol. The monoisotopic (exact) mass is 587 g/mol. The fraction of sp³-hybridized carbons (Fsp3) is 0.118. The van der Waals surface area contributed by atoms with Crippen molar-refractivity contribution in [2.24, 2.45) is 5.92 Å². The lowest BCUT2D eigenvalue weighted by Gasteiger charge is -2.09. The SMILES string of the molecule is COc1ccc(-c2nn(-c3ccccc3)cc2C2CC2C(=O)Nc2ccccc2-c2nc(-c3ccccc3)no2)cc1Cl. The van der Waals surface area contributed by atoms with Crippen LogP contribution >= 0.6 is 11.6 Å². The van der Waals surface area contributed by atoms with Crippen LogP contribution in [0.15, 0.2) is 114 Å². The van der Waals surface area contributed by atoms with Crippen LogP contribution in [0.25, 0.3) is 39.8 Å². The van der Waals surface area contributed by atoms with Crippen molar-refractivity contribution >= 4 is 23.2 Å². The minimum atomic E-state index is -0.225. The van der Waals surface area contributed by atoms with Crippen molar-refractivity contribution in [1.82, 2.24) is 19.9 Å². The number of halogens is 1. The molecule has 0 bridgehead atoms. The van der Waals surface area contributed by atoms with E-state index in [2.05, 4.69) is 15.5 Å². The zero-order valence-electron chi connectivity index (χ0n) is 23.1. The van der Waals surface area contributed by atoms with E-state index in [0.29, 0.717) is 40.2 Å². The van der Waals surface area contributed by atoms with Gasteiger partial charge in [-0.25, -0.2) is 4.68 Å². The first-order valence-corrected chi connectivity index (χ1v) is 14.2. The number of benzene rings is 4. The molecular weight excluding hydrogens is 562 g/mol. The summed E-state index contributed by atoms with van der Waals surface area (Å²) in [6, 6.07) is 32.6. The maximum absolute atomic E-state index is 13.6. The van der Waals surface area contributed by atoms with Crippen LogP contribution in [-0.2, 0) is 4.79 Å². The maximum atomic E-state index is 13.6. The maximum Gasteiger partial charge on any atom is 0.260 e. The quantitative estimate of drug-likeness (QED) is 0.196. The van der Waals surface area contributed by atoms with Gasteiger partial charge in [0.2, 0.25) is 11.7 Å². The van der Waals surface area contributed by atoms with E-state index in [1.54, 1.807) is 7.11 Å². The molecule has 8 nitrogen and oxygen atoms in total. The van der Waals surface area contributed by atoms with E-state index in [1.807, 2.05) is 114 Å².